The summed E-state index contributed by atoms with van der Waals surface area (Å²) in [7, 11) is -3.14. The zero-order valence-electron chi connectivity index (χ0n) is 10.4. The summed E-state index contributed by atoms with van der Waals surface area (Å²) in [6.45, 7) is 7.67. The van der Waals surface area contributed by atoms with E-state index >= 15 is 0 Å². The van der Waals surface area contributed by atoms with Crippen LogP contribution in [-0.2, 0) is 10.0 Å². The third kappa shape index (κ3) is 3.43. The fourth-order valence-electron chi connectivity index (χ4n) is 2.06. The van der Waals surface area contributed by atoms with Gasteiger partial charge in [0, 0.05) is 19.7 Å². The van der Waals surface area contributed by atoms with Crippen LogP contribution < -0.4 is 0 Å². The minimum atomic E-state index is -3.14. The molecular formula is C11H23NO3S. The molecule has 0 aromatic rings. The van der Waals surface area contributed by atoms with Gasteiger partial charge in [-0.1, -0.05) is 20.8 Å². The second kappa shape index (κ2) is 5.02. The highest BCUT2D eigenvalue weighted by Crippen LogP contribution is 2.34. The monoisotopic (exact) mass is 249 g/mol. The van der Waals surface area contributed by atoms with Gasteiger partial charge < -0.3 is 5.11 Å². The molecule has 96 valence electrons. The van der Waals surface area contributed by atoms with Crippen molar-refractivity contribution in [2.75, 3.05) is 25.4 Å². The first-order valence-electron chi connectivity index (χ1n) is 5.86. The average molecular weight is 249 g/mol. The predicted octanol–water partition coefficient (Wildman–Crippen LogP) is 1.07. The lowest BCUT2D eigenvalue weighted by Crippen LogP contribution is -2.33. The maximum atomic E-state index is 11.9. The van der Waals surface area contributed by atoms with Crippen LogP contribution in [0.4, 0.5) is 0 Å². The summed E-state index contributed by atoms with van der Waals surface area (Å²) < 4.78 is 25.3. The highest BCUT2D eigenvalue weighted by molar-refractivity contribution is 7.89. The van der Waals surface area contributed by atoms with E-state index in [4.69, 9.17) is 5.11 Å². The summed E-state index contributed by atoms with van der Waals surface area (Å²) in [4.78, 5) is 0. The number of rotatable bonds is 4. The summed E-state index contributed by atoms with van der Waals surface area (Å²) in [5.41, 5.74) is 0.168. The molecule has 0 radical (unpaired) electrons. The molecular weight excluding hydrogens is 226 g/mol. The quantitative estimate of drug-likeness (QED) is 0.810. The van der Waals surface area contributed by atoms with Crippen LogP contribution >= 0.6 is 0 Å². The van der Waals surface area contributed by atoms with Crippen LogP contribution in [0.5, 0.6) is 0 Å². The molecule has 0 saturated carbocycles. The highest BCUT2D eigenvalue weighted by atomic mass is 32.2. The number of aliphatic hydroxyl groups is 1. The first-order valence-corrected chi connectivity index (χ1v) is 7.47. The van der Waals surface area contributed by atoms with Crippen LogP contribution in [0.1, 0.15) is 33.6 Å². The van der Waals surface area contributed by atoms with Gasteiger partial charge in [-0.2, -0.15) is 0 Å². The van der Waals surface area contributed by atoms with E-state index in [0.717, 1.165) is 6.42 Å². The van der Waals surface area contributed by atoms with E-state index in [1.54, 1.807) is 4.31 Å². The topological polar surface area (TPSA) is 57.6 Å². The average Bonchev–Trinajstić information content (AvgIpc) is 2.63. The van der Waals surface area contributed by atoms with E-state index in [0.29, 0.717) is 25.4 Å². The number of aliphatic hydroxyl groups excluding tert-OH is 1. The van der Waals surface area contributed by atoms with Crippen molar-refractivity contribution in [1.29, 1.82) is 0 Å². The van der Waals surface area contributed by atoms with Gasteiger partial charge in [-0.3, -0.25) is 0 Å². The molecule has 1 aliphatic rings. The Morgan fingerprint density at radius 2 is 2.00 bits per heavy atom. The van der Waals surface area contributed by atoms with Crippen LogP contribution in [-0.4, -0.2) is 43.3 Å². The Labute approximate surface area is 98.7 Å². The SMILES string of the molecule is CC(C)(C)C1CCN(S(=O)(=O)CCCO)C1. The molecule has 1 fully saturated rings. The fraction of sp³-hybridized carbons (Fsp3) is 1.00. The highest BCUT2D eigenvalue weighted by Gasteiger charge is 2.36. The van der Waals surface area contributed by atoms with Crippen LogP contribution in [0.25, 0.3) is 0 Å². The molecule has 1 heterocycles. The number of sulfonamides is 1. The lowest BCUT2D eigenvalue weighted by atomic mass is 9.80. The predicted molar refractivity (Wildman–Crippen MR) is 64.6 cm³/mol. The minimum Gasteiger partial charge on any atom is -0.396 e. The van der Waals surface area contributed by atoms with Crippen molar-refractivity contribution in [2.24, 2.45) is 11.3 Å². The largest absolute Gasteiger partial charge is 0.396 e. The smallest absolute Gasteiger partial charge is 0.214 e. The van der Waals surface area contributed by atoms with E-state index in [1.807, 2.05) is 0 Å². The summed E-state index contributed by atoms with van der Waals surface area (Å²) in [6, 6.07) is 0. The molecule has 1 rings (SSSR count). The van der Waals surface area contributed by atoms with Gasteiger partial charge in [-0.25, -0.2) is 12.7 Å². The number of hydrogen-bond acceptors (Lipinski definition) is 3. The van der Waals surface area contributed by atoms with E-state index in [1.165, 1.54) is 0 Å². The molecule has 0 spiro atoms. The van der Waals surface area contributed by atoms with Crippen molar-refractivity contribution in [2.45, 2.75) is 33.6 Å². The lowest BCUT2D eigenvalue weighted by Gasteiger charge is -2.26. The van der Waals surface area contributed by atoms with Crippen LogP contribution in [0, 0.1) is 11.3 Å². The Morgan fingerprint density at radius 1 is 1.38 bits per heavy atom. The molecule has 16 heavy (non-hydrogen) atoms. The van der Waals surface area contributed by atoms with Gasteiger partial charge in [0.15, 0.2) is 0 Å². The van der Waals surface area contributed by atoms with E-state index < -0.39 is 10.0 Å². The number of hydrogen-bond donors (Lipinski definition) is 1. The molecule has 1 aliphatic heterocycles. The Balaban J connectivity index is 2.59. The third-order valence-corrected chi connectivity index (χ3v) is 5.25. The minimum absolute atomic E-state index is 0.0598. The van der Waals surface area contributed by atoms with Crippen LogP contribution in [0.15, 0.2) is 0 Å². The van der Waals surface area contributed by atoms with Gasteiger partial charge in [-0.05, 0) is 24.2 Å². The van der Waals surface area contributed by atoms with Crippen molar-refractivity contribution in [3.8, 4) is 0 Å². The number of nitrogens with zero attached hydrogens (tertiary/aromatic N) is 1. The summed E-state index contributed by atoms with van der Waals surface area (Å²) >= 11 is 0. The normalized spacial score (nSPS) is 23.9. The molecule has 4 nitrogen and oxygen atoms in total. The van der Waals surface area contributed by atoms with Crippen molar-refractivity contribution in [1.82, 2.24) is 4.31 Å². The third-order valence-electron chi connectivity index (χ3n) is 3.33. The zero-order chi connectivity index (χ0) is 12.4. The first-order chi connectivity index (χ1) is 7.27. The molecule has 0 aliphatic carbocycles. The van der Waals surface area contributed by atoms with Gasteiger partial charge in [0.05, 0.1) is 5.75 Å². The molecule has 0 bridgehead atoms. The van der Waals surface area contributed by atoms with Crippen molar-refractivity contribution in [3.63, 3.8) is 0 Å². The van der Waals surface area contributed by atoms with Gasteiger partial charge >= 0.3 is 0 Å². The molecule has 0 aromatic heterocycles. The van der Waals surface area contributed by atoms with Crippen molar-refractivity contribution >= 4 is 10.0 Å². The Bertz CT molecular complexity index is 319. The summed E-state index contributed by atoms with van der Waals surface area (Å²) in [5, 5.41) is 8.67. The van der Waals surface area contributed by atoms with Gasteiger partial charge in [0.1, 0.15) is 0 Å². The summed E-state index contributed by atoms with van der Waals surface area (Å²) in [6.07, 6.45) is 1.28. The first kappa shape index (κ1) is 13.9. The van der Waals surface area contributed by atoms with E-state index in [9.17, 15) is 8.42 Å². The molecule has 1 N–H and O–H groups in total. The standard InChI is InChI=1S/C11H23NO3S/c1-11(2,3)10-5-6-12(9-10)16(14,15)8-4-7-13/h10,13H,4-9H2,1-3H3. The molecule has 0 amide bonds. The molecule has 1 atom stereocenters. The van der Waals surface area contributed by atoms with E-state index in [-0.39, 0.29) is 17.8 Å². The van der Waals surface area contributed by atoms with Crippen LogP contribution in [0.2, 0.25) is 0 Å². The zero-order valence-corrected chi connectivity index (χ0v) is 11.3. The van der Waals surface area contributed by atoms with Crippen molar-refractivity contribution < 1.29 is 13.5 Å². The molecule has 1 saturated heterocycles. The summed E-state index contributed by atoms with van der Waals surface area (Å²) in [5.74, 6) is 0.511. The fourth-order valence-corrected chi connectivity index (χ4v) is 3.61. The molecule has 0 aromatic carbocycles. The second-order valence-electron chi connectivity index (χ2n) is 5.60. The van der Waals surface area contributed by atoms with Gasteiger partial charge in [-0.15, -0.1) is 0 Å². The Kier molecular flexibility index (Phi) is 4.37. The van der Waals surface area contributed by atoms with Crippen molar-refractivity contribution in [3.05, 3.63) is 0 Å². The maximum Gasteiger partial charge on any atom is 0.214 e. The van der Waals surface area contributed by atoms with Crippen LogP contribution in [0.3, 0.4) is 0 Å². The molecule has 1 unspecified atom stereocenters. The maximum absolute atomic E-state index is 11.9. The van der Waals surface area contributed by atoms with Gasteiger partial charge in [0.2, 0.25) is 10.0 Å². The molecule has 5 heteroatoms. The Hall–Kier alpha value is -0.130. The van der Waals surface area contributed by atoms with Gasteiger partial charge in [0.25, 0.3) is 0 Å². The Morgan fingerprint density at radius 3 is 2.44 bits per heavy atom. The second-order valence-corrected chi connectivity index (χ2v) is 7.69. The van der Waals surface area contributed by atoms with E-state index in [2.05, 4.69) is 20.8 Å². The lowest BCUT2D eigenvalue weighted by molar-refractivity contribution is 0.251.